The van der Waals surface area contributed by atoms with Crippen molar-refractivity contribution in [1.82, 2.24) is 9.47 Å². The van der Waals surface area contributed by atoms with Crippen LogP contribution in [0.3, 0.4) is 0 Å². The molecule has 0 saturated carbocycles. The summed E-state index contributed by atoms with van der Waals surface area (Å²) in [6.07, 6.45) is 6.73. The summed E-state index contributed by atoms with van der Waals surface area (Å²) in [6, 6.07) is 8.92. The van der Waals surface area contributed by atoms with E-state index in [0.29, 0.717) is 12.6 Å². The van der Waals surface area contributed by atoms with Crippen LogP contribution in [0.25, 0.3) is 16.6 Å². The lowest BCUT2D eigenvalue weighted by atomic mass is 9.66. The van der Waals surface area contributed by atoms with E-state index in [0.717, 1.165) is 43.6 Å². The van der Waals surface area contributed by atoms with Crippen LogP contribution in [0, 0.1) is 5.41 Å². The van der Waals surface area contributed by atoms with Crippen LogP contribution in [0.2, 0.25) is 0 Å². The average Bonchev–Trinajstić information content (AvgIpc) is 3.02. The van der Waals surface area contributed by atoms with E-state index in [9.17, 15) is 4.79 Å². The molecular weight excluding hydrogens is 324 g/mol. The maximum atomic E-state index is 12.9. The number of piperidine rings is 1. The zero-order valence-electron chi connectivity index (χ0n) is 15.6. The minimum atomic E-state index is -0.190. The first kappa shape index (κ1) is 16.1. The molecule has 4 heteroatoms. The summed E-state index contributed by atoms with van der Waals surface area (Å²) in [7, 11) is 0. The van der Waals surface area contributed by atoms with Crippen molar-refractivity contribution < 1.29 is 9.53 Å². The fourth-order valence-electron chi connectivity index (χ4n) is 5.63. The van der Waals surface area contributed by atoms with Gasteiger partial charge in [-0.25, -0.2) is 4.79 Å². The molecule has 2 aromatic rings. The van der Waals surface area contributed by atoms with Gasteiger partial charge in [-0.3, -0.25) is 4.90 Å². The van der Waals surface area contributed by atoms with Gasteiger partial charge in [0.25, 0.3) is 0 Å². The molecule has 4 nitrogen and oxygen atoms in total. The SMILES string of the molecule is CCOC(=O)C1=C[C@@]2(CC)CCCN3CCc4c(n1c1ccccc41)[C@@H]32. The van der Waals surface area contributed by atoms with Crippen molar-refractivity contribution in [2.24, 2.45) is 5.41 Å². The third-order valence-electron chi connectivity index (χ3n) is 6.73. The molecule has 0 radical (unpaired) electrons. The number of esters is 1. The van der Waals surface area contributed by atoms with Gasteiger partial charge < -0.3 is 9.30 Å². The Morgan fingerprint density at radius 2 is 2.12 bits per heavy atom. The molecule has 3 aliphatic heterocycles. The second-order valence-corrected chi connectivity index (χ2v) is 7.85. The van der Waals surface area contributed by atoms with Crippen LogP contribution >= 0.6 is 0 Å². The van der Waals surface area contributed by atoms with Crippen molar-refractivity contribution >= 4 is 22.6 Å². The smallest absolute Gasteiger partial charge is 0.354 e. The standard InChI is InChI=1S/C22H26N2O2/c1-3-22-11-7-12-23-13-10-16-15-8-5-6-9-17(15)24(19(16)20(22)23)18(14-22)21(25)26-4-2/h5-6,8-9,14,20H,3-4,7,10-13H2,1-2H3/t20-,22-/m1/s1. The van der Waals surface area contributed by atoms with Gasteiger partial charge in [-0.05, 0) is 56.9 Å². The third-order valence-corrected chi connectivity index (χ3v) is 6.73. The lowest BCUT2D eigenvalue weighted by molar-refractivity contribution is -0.136. The molecule has 136 valence electrons. The number of carbonyl (C=O) groups excluding carboxylic acids is 1. The normalized spacial score (nSPS) is 27.2. The zero-order chi connectivity index (χ0) is 17.9. The van der Waals surface area contributed by atoms with Crippen LogP contribution in [0.5, 0.6) is 0 Å². The maximum absolute atomic E-state index is 12.9. The number of hydrogen-bond donors (Lipinski definition) is 0. The summed E-state index contributed by atoms with van der Waals surface area (Å²) in [4.78, 5) is 15.6. The molecule has 5 rings (SSSR count). The van der Waals surface area contributed by atoms with Gasteiger partial charge in [-0.2, -0.15) is 0 Å². The topological polar surface area (TPSA) is 34.5 Å². The highest BCUT2D eigenvalue weighted by molar-refractivity contribution is 6.13. The van der Waals surface area contributed by atoms with Gasteiger partial charge in [0.2, 0.25) is 0 Å². The summed E-state index contributed by atoms with van der Waals surface area (Å²) in [5.74, 6) is -0.190. The Bertz CT molecular complexity index is 926. The van der Waals surface area contributed by atoms with E-state index < -0.39 is 0 Å². The van der Waals surface area contributed by atoms with E-state index in [2.05, 4.69) is 46.7 Å². The molecule has 1 fully saturated rings. The minimum absolute atomic E-state index is 0.0416. The van der Waals surface area contributed by atoms with Gasteiger partial charge in [-0.15, -0.1) is 0 Å². The van der Waals surface area contributed by atoms with Gasteiger partial charge in [0.1, 0.15) is 5.70 Å². The molecule has 4 heterocycles. The monoisotopic (exact) mass is 350 g/mol. The quantitative estimate of drug-likeness (QED) is 0.780. The minimum Gasteiger partial charge on any atom is -0.461 e. The van der Waals surface area contributed by atoms with E-state index >= 15 is 0 Å². The number of rotatable bonds is 3. The third kappa shape index (κ3) is 1.96. The molecular formula is C22H26N2O2. The van der Waals surface area contributed by atoms with Gasteiger partial charge >= 0.3 is 5.97 Å². The molecule has 0 amide bonds. The fraction of sp³-hybridized carbons (Fsp3) is 0.500. The molecule has 1 saturated heterocycles. The first-order chi connectivity index (χ1) is 12.7. The second kappa shape index (κ2) is 5.71. The summed E-state index contributed by atoms with van der Waals surface area (Å²) in [5.41, 5.74) is 4.71. The molecule has 0 N–H and O–H groups in total. The lowest BCUT2D eigenvalue weighted by Gasteiger charge is -2.53. The van der Waals surface area contributed by atoms with E-state index in [-0.39, 0.29) is 11.4 Å². The number of para-hydroxylation sites is 1. The zero-order valence-corrected chi connectivity index (χ0v) is 15.6. The summed E-state index contributed by atoms with van der Waals surface area (Å²) in [5, 5.41) is 1.30. The molecule has 0 unspecified atom stereocenters. The van der Waals surface area contributed by atoms with Crippen molar-refractivity contribution in [3.05, 3.63) is 41.6 Å². The molecule has 3 aliphatic rings. The van der Waals surface area contributed by atoms with E-state index in [1.54, 1.807) is 0 Å². The van der Waals surface area contributed by atoms with Crippen LogP contribution in [-0.4, -0.2) is 35.1 Å². The number of benzene rings is 1. The number of fused-ring (bicyclic) bond motifs is 3. The van der Waals surface area contributed by atoms with Gasteiger partial charge in [0.15, 0.2) is 0 Å². The van der Waals surface area contributed by atoms with E-state index in [4.69, 9.17) is 4.74 Å². The molecule has 26 heavy (non-hydrogen) atoms. The van der Waals surface area contributed by atoms with Crippen molar-refractivity contribution in [2.45, 2.75) is 45.6 Å². The predicted octanol–water partition coefficient (Wildman–Crippen LogP) is 4.15. The predicted molar refractivity (Wildman–Crippen MR) is 103 cm³/mol. The molecule has 1 aromatic carbocycles. The average molecular weight is 350 g/mol. The Balaban J connectivity index is 1.85. The van der Waals surface area contributed by atoms with Gasteiger partial charge in [-0.1, -0.05) is 25.1 Å². The van der Waals surface area contributed by atoms with Crippen molar-refractivity contribution in [3.8, 4) is 0 Å². The van der Waals surface area contributed by atoms with E-state index in [1.165, 1.54) is 23.1 Å². The molecule has 1 aromatic heterocycles. The van der Waals surface area contributed by atoms with Crippen LogP contribution in [0.15, 0.2) is 30.3 Å². The Kier molecular flexibility index (Phi) is 3.54. The lowest BCUT2D eigenvalue weighted by Crippen LogP contribution is -2.51. The van der Waals surface area contributed by atoms with Gasteiger partial charge in [0, 0.05) is 23.0 Å². The molecule has 0 bridgehead atoms. The first-order valence-electron chi connectivity index (χ1n) is 9.97. The highest BCUT2D eigenvalue weighted by Gasteiger charge is 2.51. The van der Waals surface area contributed by atoms with Crippen LogP contribution in [-0.2, 0) is 16.0 Å². The van der Waals surface area contributed by atoms with E-state index in [1.807, 2.05) is 6.92 Å². The molecule has 2 atom stereocenters. The van der Waals surface area contributed by atoms with Gasteiger partial charge in [0.05, 0.1) is 18.2 Å². The highest BCUT2D eigenvalue weighted by Crippen LogP contribution is 2.57. The maximum Gasteiger partial charge on any atom is 0.354 e. The molecule has 0 spiro atoms. The second-order valence-electron chi connectivity index (χ2n) is 7.85. The molecule has 0 aliphatic carbocycles. The van der Waals surface area contributed by atoms with Crippen molar-refractivity contribution in [3.63, 3.8) is 0 Å². The van der Waals surface area contributed by atoms with Crippen LogP contribution in [0.1, 0.15) is 50.4 Å². The Morgan fingerprint density at radius 3 is 2.92 bits per heavy atom. The summed E-state index contributed by atoms with van der Waals surface area (Å²) in [6.45, 7) is 6.85. The number of hydrogen-bond acceptors (Lipinski definition) is 3. The Hall–Kier alpha value is -2.07. The highest BCUT2D eigenvalue weighted by atomic mass is 16.5. The summed E-state index contributed by atoms with van der Waals surface area (Å²) >= 11 is 0. The van der Waals surface area contributed by atoms with Crippen molar-refractivity contribution in [2.75, 3.05) is 19.7 Å². The number of nitrogens with zero attached hydrogens (tertiary/aromatic N) is 2. The Morgan fingerprint density at radius 1 is 1.27 bits per heavy atom. The first-order valence-corrected chi connectivity index (χ1v) is 9.97. The largest absolute Gasteiger partial charge is 0.461 e. The summed E-state index contributed by atoms with van der Waals surface area (Å²) < 4.78 is 7.69. The number of carbonyl (C=O) groups is 1. The number of ether oxygens (including phenoxy) is 1. The van der Waals surface area contributed by atoms with Crippen LogP contribution in [0.4, 0.5) is 0 Å². The van der Waals surface area contributed by atoms with Crippen LogP contribution < -0.4 is 0 Å². The Labute approximate surface area is 154 Å². The van der Waals surface area contributed by atoms with Crippen molar-refractivity contribution in [1.29, 1.82) is 0 Å². The number of aromatic nitrogens is 1. The fourth-order valence-corrected chi connectivity index (χ4v) is 5.63.